The highest BCUT2D eigenvalue weighted by atomic mass is 32.1. The first kappa shape index (κ1) is 27.3. The number of carbonyl (C=O) groups excluding carboxylic acids is 3. The molecule has 0 saturated carbocycles. The van der Waals surface area contributed by atoms with E-state index in [1.165, 1.54) is 6.92 Å². The number of hydrogen-bond donors (Lipinski definition) is 5. The number of rotatable bonds is 17. The lowest BCUT2D eigenvalue weighted by molar-refractivity contribution is -0.141. The van der Waals surface area contributed by atoms with Gasteiger partial charge in [-0.3, -0.25) is 14.4 Å². The summed E-state index contributed by atoms with van der Waals surface area (Å²) in [4.78, 5) is 46.7. The normalized spacial score (nSPS) is 13.9. The summed E-state index contributed by atoms with van der Waals surface area (Å²) in [7, 11) is 0. The Morgan fingerprint density at radius 2 is 1.62 bits per heavy atom. The Morgan fingerprint density at radius 1 is 1.00 bits per heavy atom. The molecule has 5 N–H and O–H groups in total. The minimum atomic E-state index is -1.22. The summed E-state index contributed by atoms with van der Waals surface area (Å²) in [6.07, 6.45) is 1.41. The van der Waals surface area contributed by atoms with Gasteiger partial charge >= 0.3 is 5.97 Å². The van der Waals surface area contributed by atoms with Gasteiger partial charge in [-0.05, 0) is 19.8 Å². The number of amides is 2. The predicted molar refractivity (Wildman–Crippen MR) is 110 cm³/mol. The standard InChI is InChI=1S/C18H33N3O7S/c1-3-7-27-9-10-28-8-6-13(22)4-5-14(19)17(24)20-12(2)16(23)21-15(11-29)18(25)26/h12,14-15,29H,3-11,19H2,1-2H3,(H,20,24)(H,21,23)(H,25,26)/t12-,14-,15-/m0/s1. The van der Waals surface area contributed by atoms with Gasteiger partial charge < -0.3 is 30.9 Å². The Hall–Kier alpha value is -1.69. The molecule has 0 aromatic rings. The van der Waals surface area contributed by atoms with E-state index in [1.807, 2.05) is 6.92 Å². The fraction of sp³-hybridized carbons (Fsp3) is 0.778. The second-order valence-electron chi connectivity index (χ2n) is 6.47. The van der Waals surface area contributed by atoms with E-state index in [1.54, 1.807) is 0 Å². The van der Waals surface area contributed by atoms with Crippen LogP contribution in [0.15, 0.2) is 0 Å². The second kappa shape index (κ2) is 16.1. The third-order valence-corrected chi connectivity index (χ3v) is 4.23. The van der Waals surface area contributed by atoms with Crippen LogP contribution in [-0.2, 0) is 28.7 Å². The number of carbonyl (C=O) groups is 4. The second-order valence-corrected chi connectivity index (χ2v) is 6.84. The van der Waals surface area contributed by atoms with Gasteiger partial charge in [-0.25, -0.2) is 4.79 Å². The van der Waals surface area contributed by atoms with Crippen LogP contribution in [0.25, 0.3) is 0 Å². The average Bonchev–Trinajstić information content (AvgIpc) is 2.68. The van der Waals surface area contributed by atoms with Crippen molar-refractivity contribution in [1.82, 2.24) is 10.6 Å². The summed E-state index contributed by atoms with van der Waals surface area (Å²) in [6, 6.07) is -3.09. The molecule has 10 nitrogen and oxygen atoms in total. The number of Topliss-reactive ketones (excluding diaryl/α,β-unsaturated/α-hetero) is 1. The summed E-state index contributed by atoms with van der Waals surface area (Å²) in [5.74, 6) is -2.64. The third-order valence-electron chi connectivity index (χ3n) is 3.87. The third kappa shape index (κ3) is 13.2. The monoisotopic (exact) mass is 435 g/mol. The SMILES string of the molecule is CCCOCCOCCC(=O)CC[C@H](N)C(=O)N[C@@H](C)C(=O)N[C@@H](CS)C(=O)O. The van der Waals surface area contributed by atoms with E-state index in [0.29, 0.717) is 19.8 Å². The predicted octanol–water partition coefficient (Wildman–Crippen LogP) is -0.500. The van der Waals surface area contributed by atoms with Crippen LogP contribution in [0.1, 0.15) is 39.5 Å². The van der Waals surface area contributed by atoms with Gasteiger partial charge in [-0.15, -0.1) is 0 Å². The summed E-state index contributed by atoms with van der Waals surface area (Å²) in [5, 5.41) is 13.6. The van der Waals surface area contributed by atoms with E-state index in [2.05, 4.69) is 23.3 Å². The molecule has 0 aromatic heterocycles. The highest BCUT2D eigenvalue weighted by Crippen LogP contribution is 2.01. The minimum absolute atomic E-state index is 0.0772. The molecule has 0 aliphatic rings. The lowest BCUT2D eigenvalue weighted by atomic mass is 10.1. The Balaban J connectivity index is 4.07. The minimum Gasteiger partial charge on any atom is -0.480 e. The lowest BCUT2D eigenvalue weighted by Crippen LogP contribution is -2.53. The molecule has 0 heterocycles. The van der Waals surface area contributed by atoms with Gasteiger partial charge in [0.25, 0.3) is 0 Å². The zero-order valence-corrected chi connectivity index (χ0v) is 17.9. The maximum Gasteiger partial charge on any atom is 0.327 e. The fourth-order valence-corrected chi connectivity index (χ4v) is 2.34. The average molecular weight is 436 g/mol. The van der Waals surface area contributed by atoms with Crippen LogP contribution in [0.3, 0.4) is 0 Å². The van der Waals surface area contributed by atoms with Crippen molar-refractivity contribution in [2.75, 3.05) is 32.2 Å². The quantitative estimate of drug-likeness (QED) is 0.151. The van der Waals surface area contributed by atoms with Crippen molar-refractivity contribution in [3.63, 3.8) is 0 Å². The molecule has 0 aliphatic carbocycles. The van der Waals surface area contributed by atoms with E-state index < -0.39 is 35.9 Å². The summed E-state index contributed by atoms with van der Waals surface area (Å²) >= 11 is 3.85. The number of thiol groups is 1. The molecule has 29 heavy (non-hydrogen) atoms. The molecular formula is C18H33N3O7S. The molecule has 0 aromatic carbocycles. The number of ether oxygens (including phenoxy) is 2. The zero-order valence-electron chi connectivity index (χ0n) is 17.0. The van der Waals surface area contributed by atoms with Crippen molar-refractivity contribution < 1.29 is 33.8 Å². The van der Waals surface area contributed by atoms with Gasteiger partial charge in [-0.1, -0.05) is 6.92 Å². The van der Waals surface area contributed by atoms with Crippen LogP contribution in [-0.4, -0.2) is 79.0 Å². The van der Waals surface area contributed by atoms with Gasteiger partial charge in [0, 0.05) is 25.2 Å². The molecular weight excluding hydrogens is 402 g/mol. The largest absolute Gasteiger partial charge is 0.480 e. The van der Waals surface area contributed by atoms with Crippen molar-refractivity contribution in [2.45, 2.75) is 57.7 Å². The van der Waals surface area contributed by atoms with E-state index in [0.717, 1.165) is 6.42 Å². The van der Waals surface area contributed by atoms with E-state index in [-0.39, 0.29) is 37.4 Å². The van der Waals surface area contributed by atoms with Crippen LogP contribution >= 0.6 is 12.6 Å². The van der Waals surface area contributed by atoms with Gasteiger partial charge in [0.1, 0.15) is 17.9 Å². The maximum atomic E-state index is 12.0. The smallest absolute Gasteiger partial charge is 0.327 e. The lowest BCUT2D eigenvalue weighted by Gasteiger charge is -2.19. The molecule has 0 unspecified atom stereocenters. The van der Waals surface area contributed by atoms with Crippen LogP contribution in [0, 0.1) is 0 Å². The number of carboxylic acids is 1. The van der Waals surface area contributed by atoms with Gasteiger partial charge in [0.05, 0.1) is 25.9 Å². The Bertz CT molecular complexity index is 534. The molecule has 0 radical (unpaired) electrons. The summed E-state index contributed by atoms with van der Waals surface area (Å²) < 4.78 is 10.5. The van der Waals surface area contributed by atoms with Crippen molar-refractivity contribution in [3.8, 4) is 0 Å². The van der Waals surface area contributed by atoms with Gasteiger partial charge in [0.15, 0.2) is 0 Å². The van der Waals surface area contributed by atoms with E-state index in [9.17, 15) is 19.2 Å². The summed E-state index contributed by atoms with van der Waals surface area (Å²) in [6.45, 7) is 5.29. The number of aliphatic carboxylic acids is 1. The van der Waals surface area contributed by atoms with Crippen molar-refractivity contribution in [2.24, 2.45) is 5.73 Å². The maximum absolute atomic E-state index is 12.0. The zero-order chi connectivity index (χ0) is 22.2. The molecule has 0 rings (SSSR count). The van der Waals surface area contributed by atoms with E-state index in [4.69, 9.17) is 20.3 Å². The number of hydrogen-bond acceptors (Lipinski definition) is 8. The first-order chi connectivity index (χ1) is 13.7. The molecule has 3 atom stereocenters. The molecule has 0 spiro atoms. The topological polar surface area (TPSA) is 157 Å². The Labute approximate surface area is 176 Å². The van der Waals surface area contributed by atoms with Crippen molar-refractivity contribution in [1.29, 1.82) is 0 Å². The number of ketones is 1. The van der Waals surface area contributed by atoms with Crippen LogP contribution in [0.2, 0.25) is 0 Å². The molecule has 2 amide bonds. The molecule has 0 bridgehead atoms. The highest BCUT2D eigenvalue weighted by molar-refractivity contribution is 7.80. The van der Waals surface area contributed by atoms with E-state index >= 15 is 0 Å². The van der Waals surface area contributed by atoms with Crippen molar-refractivity contribution in [3.05, 3.63) is 0 Å². The highest BCUT2D eigenvalue weighted by Gasteiger charge is 2.24. The summed E-state index contributed by atoms with van der Waals surface area (Å²) in [5.41, 5.74) is 5.76. The molecule has 0 saturated heterocycles. The molecule has 11 heteroatoms. The number of carboxylic acid groups (broad SMARTS) is 1. The van der Waals surface area contributed by atoms with Crippen molar-refractivity contribution >= 4 is 36.2 Å². The number of nitrogens with two attached hydrogens (primary N) is 1. The van der Waals surface area contributed by atoms with Crippen LogP contribution < -0.4 is 16.4 Å². The van der Waals surface area contributed by atoms with Crippen LogP contribution in [0.5, 0.6) is 0 Å². The molecule has 0 fully saturated rings. The molecule has 168 valence electrons. The fourth-order valence-electron chi connectivity index (χ4n) is 2.09. The first-order valence-electron chi connectivity index (χ1n) is 9.60. The Kier molecular flexibility index (Phi) is 15.2. The number of nitrogens with one attached hydrogen (secondary N) is 2. The van der Waals surface area contributed by atoms with Gasteiger partial charge in [-0.2, -0.15) is 12.6 Å². The van der Waals surface area contributed by atoms with Gasteiger partial charge in [0.2, 0.25) is 11.8 Å². The molecule has 0 aliphatic heterocycles. The van der Waals surface area contributed by atoms with Crippen LogP contribution in [0.4, 0.5) is 0 Å². The first-order valence-corrected chi connectivity index (χ1v) is 10.2. The Morgan fingerprint density at radius 3 is 2.17 bits per heavy atom.